The Labute approximate surface area is 114 Å². The molecule has 0 unspecified atom stereocenters. The van der Waals surface area contributed by atoms with Gasteiger partial charge in [0.2, 0.25) is 0 Å². The zero-order valence-corrected chi connectivity index (χ0v) is 12.4. The van der Waals surface area contributed by atoms with E-state index in [1.165, 1.54) is 4.88 Å². The van der Waals surface area contributed by atoms with Gasteiger partial charge in [0.05, 0.1) is 12.2 Å². The highest BCUT2D eigenvalue weighted by atomic mass is 79.9. The second kappa shape index (κ2) is 5.33. The van der Waals surface area contributed by atoms with Crippen molar-refractivity contribution in [2.45, 2.75) is 32.9 Å². The summed E-state index contributed by atoms with van der Waals surface area (Å²) in [6.07, 6.45) is 3.00. The molecule has 0 aliphatic rings. The maximum absolute atomic E-state index is 5.87. The van der Waals surface area contributed by atoms with Crippen LogP contribution in [0.2, 0.25) is 0 Å². The van der Waals surface area contributed by atoms with Crippen molar-refractivity contribution in [1.29, 1.82) is 0 Å². The molecule has 0 bridgehead atoms. The van der Waals surface area contributed by atoms with E-state index in [2.05, 4.69) is 50.0 Å². The van der Waals surface area contributed by atoms with E-state index in [1.54, 1.807) is 11.3 Å². The number of aryl methyl sites for hydroxylation is 1. The molecule has 3 nitrogen and oxygen atoms in total. The Kier molecular flexibility index (Phi) is 4.01. The highest BCUT2D eigenvalue weighted by Crippen LogP contribution is 2.22. The smallest absolute Gasteiger partial charge is 0.109 e. The Balaban J connectivity index is 2.25. The number of nitrogens with two attached hydrogens (primary N) is 1. The SMILES string of the molecule is CCc1nc([C@H](C)N)cn1Cc1cc(Br)cs1. The quantitative estimate of drug-likeness (QED) is 0.940. The fourth-order valence-electron chi connectivity index (χ4n) is 1.72. The average Bonchev–Trinajstić information content (AvgIpc) is 2.85. The Morgan fingerprint density at radius 1 is 1.59 bits per heavy atom. The third-order valence-corrected chi connectivity index (χ3v) is 4.29. The molecule has 2 N–H and O–H groups in total. The van der Waals surface area contributed by atoms with Gasteiger partial charge in [-0.3, -0.25) is 0 Å². The third kappa shape index (κ3) is 2.97. The van der Waals surface area contributed by atoms with Crippen molar-refractivity contribution in [3.05, 3.63) is 38.5 Å². The van der Waals surface area contributed by atoms with E-state index in [0.717, 1.165) is 29.0 Å². The third-order valence-electron chi connectivity index (χ3n) is 2.61. The number of nitrogens with zero attached hydrogens (tertiary/aromatic N) is 2. The first kappa shape index (κ1) is 12.8. The van der Waals surface area contributed by atoms with Crippen molar-refractivity contribution in [3.63, 3.8) is 0 Å². The first-order valence-corrected chi connectivity index (χ1v) is 7.31. The number of rotatable bonds is 4. The number of thiophene rings is 1. The van der Waals surface area contributed by atoms with Crippen LogP contribution >= 0.6 is 27.3 Å². The molecule has 5 heteroatoms. The monoisotopic (exact) mass is 313 g/mol. The lowest BCUT2D eigenvalue weighted by molar-refractivity contribution is 0.740. The lowest BCUT2D eigenvalue weighted by Crippen LogP contribution is -2.05. The maximum Gasteiger partial charge on any atom is 0.109 e. The number of aromatic nitrogens is 2. The summed E-state index contributed by atoms with van der Waals surface area (Å²) in [5.74, 6) is 1.10. The Hall–Kier alpha value is -0.650. The zero-order valence-electron chi connectivity index (χ0n) is 9.98. The van der Waals surface area contributed by atoms with Gasteiger partial charge in [-0.15, -0.1) is 11.3 Å². The van der Waals surface area contributed by atoms with Gasteiger partial charge in [-0.2, -0.15) is 0 Å². The topological polar surface area (TPSA) is 43.8 Å². The van der Waals surface area contributed by atoms with Crippen LogP contribution in [0, 0.1) is 0 Å². The highest BCUT2D eigenvalue weighted by molar-refractivity contribution is 9.10. The van der Waals surface area contributed by atoms with Crippen LogP contribution in [0.25, 0.3) is 0 Å². The van der Waals surface area contributed by atoms with Crippen LogP contribution in [0.4, 0.5) is 0 Å². The van der Waals surface area contributed by atoms with Gasteiger partial charge in [0, 0.05) is 33.4 Å². The summed E-state index contributed by atoms with van der Waals surface area (Å²) in [5.41, 5.74) is 6.84. The van der Waals surface area contributed by atoms with Crippen molar-refractivity contribution < 1.29 is 0 Å². The number of hydrogen-bond donors (Lipinski definition) is 1. The van der Waals surface area contributed by atoms with Crippen molar-refractivity contribution in [2.75, 3.05) is 0 Å². The van der Waals surface area contributed by atoms with E-state index in [4.69, 9.17) is 5.73 Å². The fourth-order valence-corrected chi connectivity index (χ4v) is 3.17. The van der Waals surface area contributed by atoms with Crippen LogP contribution in [-0.2, 0) is 13.0 Å². The Morgan fingerprint density at radius 3 is 2.88 bits per heavy atom. The first-order valence-electron chi connectivity index (χ1n) is 5.64. The molecule has 0 aliphatic carbocycles. The maximum atomic E-state index is 5.87. The number of hydrogen-bond acceptors (Lipinski definition) is 3. The lowest BCUT2D eigenvalue weighted by Gasteiger charge is -2.03. The van der Waals surface area contributed by atoms with Crippen molar-refractivity contribution >= 4 is 27.3 Å². The van der Waals surface area contributed by atoms with E-state index < -0.39 is 0 Å². The van der Waals surface area contributed by atoms with Gasteiger partial charge in [-0.25, -0.2) is 4.98 Å². The summed E-state index contributed by atoms with van der Waals surface area (Å²) in [6.45, 7) is 4.96. The van der Waals surface area contributed by atoms with Gasteiger partial charge in [-0.1, -0.05) is 6.92 Å². The van der Waals surface area contributed by atoms with E-state index in [0.29, 0.717) is 0 Å². The van der Waals surface area contributed by atoms with Gasteiger partial charge < -0.3 is 10.3 Å². The minimum Gasteiger partial charge on any atom is -0.329 e. The summed E-state index contributed by atoms with van der Waals surface area (Å²) in [5, 5.41) is 2.10. The molecule has 2 rings (SSSR count). The summed E-state index contributed by atoms with van der Waals surface area (Å²) >= 11 is 5.23. The minimum absolute atomic E-state index is 0.00313. The molecule has 0 aliphatic heterocycles. The molecule has 0 radical (unpaired) electrons. The predicted molar refractivity (Wildman–Crippen MR) is 75.3 cm³/mol. The highest BCUT2D eigenvalue weighted by Gasteiger charge is 2.10. The van der Waals surface area contributed by atoms with E-state index in [9.17, 15) is 0 Å². The second-order valence-corrected chi connectivity index (χ2v) is 5.99. The molecule has 2 aromatic rings. The fraction of sp³-hybridized carbons (Fsp3) is 0.417. The molecule has 0 aromatic carbocycles. The van der Waals surface area contributed by atoms with E-state index in [-0.39, 0.29) is 6.04 Å². The first-order chi connectivity index (χ1) is 8.10. The molecule has 92 valence electrons. The second-order valence-electron chi connectivity index (χ2n) is 4.08. The predicted octanol–water partition coefficient (Wildman–Crippen LogP) is 3.34. The molecule has 0 saturated heterocycles. The number of halogens is 1. The van der Waals surface area contributed by atoms with Crippen LogP contribution < -0.4 is 5.73 Å². The Morgan fingerprint density at radius 2 is 2.35 bits per heavy atom. The van der Waals surface area contributed by atoms with Gasteiger partial charge in [-0.05, 0) is 28.9 Å². The standard InChI is InChI=1S/C12H16BrN3S/c1-3-12-15-11(8(2)14)6-16(12)5-10-4-9(13)7-17-10/h4,6-8H,3,5,14H2,1-2H3/t8-/m0/s1. The minimum atomic E-state index is -0.00313. The summed E-state index contributed by atoms with van der Waals surface area (Å²) in [7, 11) is 0. The summed E-state index contributed by atoms with van der Waals surface area (Å²) < 4.78 is 3.33. The molecular formula is C12H16BrN3S. The Bertz CT molecular complexity index is 502. The number of imidazole rings is 1. The van der Waals surface area contributed by atoms with Crippen LogP contribution in [0.1, 0.15) is 36.3 Å². The van der Waals surface area contributed by atoms with Crippen molar-refractivity contribution in [3.8, 4) is 0 Å². The van der Waals surface area contributed by atoms with E-state index >= 15 is 0 Å². The van der Waals surface area contributed by atoms with Gasteiger partial charge in [0.15, 0.2) is 0 Å². The van der Waals surface area contributed by atoms with Crippen LogP contribution in [0.3, 0.4) is 0 Å². The molecule has 0 amide bonds. The van der Waals surface area contributed by atoms with Crippen LogP contribution in [-0.4, -0.2) is 9.55 Å². The van der Waals surface area contributed by atoms with Crippen molar-refractivity contribution in [2.24, 2.45) is 5.73 Å². The van der Waals surface area contributed by atoms with Crippen LogP contribution in [0.15, 0.2) is 22.1 Å². The average molecular weight is 314 g/mol. The van der Waals surface area contributed by atoms with Gasteiger partial charge in [0.1, 0.15) is 5.82 Å². The summed E-state index contributed by atoms with van der Waals surface area (Å²) in [6, 6.07) is 2.15. The molecule has 0 saturated carbocycles. The van der Waals surface area contributed by atoms with E-state index in [1.807, 2.05) is 6.92 Å². The lowest BCUT2D eigenvalue weighted by atomic mass is 10.3. The van der Waals surface area contributed by atoms with Crippen LogP contribution in [0.5, 0.6) is 0 Å². The molecule has 17 heavy (non-hydrogen) atoms. The van der Waals surface area contributed by atoms with Crippen molar-refractivity contribution in [1.82, 2.24) is 9.55 Å². The molecule has 0 spiro atoms. The summed E-state index contributed by atoms with van der Waals surface area (Å²) in [4.78, 5) is 5.88. The zero-order chi connectivity index (χ0) is 12.4. The molecule has 2 aromatic heterocycles. The van der Waals surface area contributed by atoms with Gasteiger partial charge in [0.25, 0.3) is 0 Å². The molecule has 0 fully saturated rings. The molecular weight excluding hydrogens is 298 g/mol. The molecule has 2 heterocycles. The van der Waals surface area contributed by atoms with Gasteiger partial charge >= 0.3 is 0 Å². The molecule has 1 atom stereocenters. The normalized spacial score (nSPS) is 12.9. The largest absolute Gasteiger partial charge is 0.329 e.